The largest absolute Gasteiger partial charge is 0.399 e. The van der Waals surface area contributed by atoms with Gasteiger partial charge >= 0.3 is 0 Å². The van der Waals surface area contributed by atoms with Crippen LogP contribution in [0.15, 0.2) is 36.8 Å². The van der Waals surface area contributed by atoms with Crippen LogP contribution in [0.5, 0.6) is 0 Å². The quantitative estimate of drug-likeness (QED) is 0.820. The molecule has 0 amide bonds. The van der Waals surface area contributed by atoms with Crippen LogP contribution in [-0.4, -0.2) is 9.97 Å². The molecule has 88 valence electrons. The lowest BCUT2D eigenvalue weighted by Gasteiger charge is -2.15. The summed E-state index contributed by atoms with van der Waals surface area (Å²) in [5.74, 6) is 0.622. The topological polar surface area (TPSA) is 63.8 Å². The molecule has 0 saturated heterocycles. The van der Waals surface area contributed by atoms with Crippen molar-refractivity contribution < 1.29 is 0 Å². The van der Waals surface area contributed by atoms with E-state index in [1.54, 1.807) is 6.20 Å². The van der Waals surface area contributed by atoms with E-state index < -0.39 is 0 Å². The first kappa shape index (κ1) is 11.7. The molecule has 4 nitrogen and oxygen atoms in total. The minimum absolute atomic E-state index is 0.0749. The monoisotopic (exact) mass is 248 g/mol. The first-order valence-electron chi connectivity index (χ1n) is 5.24. The van der Waals surface area contributed by atoms with Crippen LogP contribution < -0.4 is 11.1 Å². The molecule has 0 fully saturated rings. The van der Waals surface area contributed by atoms with Crippen molar-refractivity contribution in [2.45, 2.75) is 13.0 Å². The number of anilines is 2. The van der Waals surface area contributed by atoms with E-state index in [4.69, 9.17) is 17.3 Å². The van der Waals surface area contributed by atoms with Crippen LogP contribution in [0.2, 0.25) is 5.02 Å². The van der Waals surface area contributed by atoms with Crippen LogP contribution in [-0.2, 0) is 0 Å². The second kappa shape index (κ2) is 5.01. The minimum Gasteiger partial charge on any atom is -0.399 e. The van der Waals surface area contributed by atoms with Gasteiger partial charge < -0.3 is 11.1 Å². The highest BCUT2D eigenvalue weighted by Crippen LogP contribution is 2.23. The Morgan fingerprint density at radius 2 is 2.24 bits per heavy atom. The van der Waals surface area contributed by atoms with Gasteiger partial charge in [-0.15, -0.1) is 0 Å². The van der Waals surface area contributed by atoms with E-state index in [2.05, 4.69) is 15.3 Å². The number of nitrogens with zero attached hydrogens (tertiary/aromatic N) is 2. The molecule has 3 N–H and O–H groups in total. The number of nitrogens with one attached hydrogen (secondary N) is 1. The number of benzene rings is 1. The van der Waals surface area contributed by atoms with Crippen LogP contribution in [0.1, 0.15) is 18.5 Å². The fourth-order valence-electron chi connectivity index (χ4n) is 1.54. The maximum absolute atomic E-state index is 5.97. The Kier molecular flexibility index (Phi) is 3.44. The second-order valence-corrected chi connectivity index (χ2v) is 4.16. The predicted molar refractivity (Wildman–Crippen MR) is 69.9 cm³/mol. The summed E-state index contributed by atoms with van der Waals surface area (Å²) in [5.41, 5.74) is 7.56. The van der Waals surface area contributed by atoms with Gasteiger partial charge in [-0.05, 0) is 24.6 Å². The third-order valence-corrected chi connectivity index (χ3v) is 2.71. The zero-order chi connectivity index (χ0) is 12.3. The summed E-state index contributed by atoms with van der Waals surface area (Å²) in [6, 6.07) is 7.78. The Bertz CT molecular complexity index is 515. The summed E-state index contributed by atoms with van der Waals surface area (Å²) in [6.07, 6.45) is 3.02. The van der Waals surface area contributed by atoms with Gasteiger partial charge in [-0.1, -0.05) is 23.7 Å². The van der Waals surface area contributed by atoms with E-state index in [1.807, 2.05) is 31.2 Å². The first-order chi connectivity index (χ1) is 8.16. The van der Waals surface area contributed by atoms with Crippen molar-refractivity contribution in [1.29, 1.82) is 0 Å². The number of nitrogen functional groups attached to an aromatic ring is 1. The fourth-order valence-corrected chi connectivity index (χ4v) is 1.70. The van der Waals surface area contributed by atoms with Gasteiger partial charge in [-0.25, -0.2) is 9.97 Å². The normalized spacial score (nSPS) is 12.1. The minimum atomic E-state index is 0.0749. The van der Waals surface area contributed by atoms with Crippen LogP contribution in [0.3, 0.4) is 0 Å². The summed E-state index contributed by atoms with van der Waals surface area (Å²) < 4.78 is 0. The zero-order valence-corrected chi connectivity index (χ0v) is 10.1. The molecular formula is C12H13ClN4. The molecule has 5 heteroatoms. The molecule has 1 aromatic heterocycles. The van der Waals surface area contributed by atoms with Crippen molar-refractivity contribution in [1.82, 2.24) is 9.97 Å². The number of aromatic nitrogens is 2. The van der Waals surface area contributed by atoms with Gasteiger partial charge in [0.05, 0.1) is 12.2 Å². The molecule has 0 aliphatic rings. The zero-order valence-electron chi connectivity index (χ0n) is 9.39. The number of hydrogen-bond donors (Lipinski definition) is 2. The maximum atomic E-state index is 5.97. The molecule has 0 saturated carbocycles. The third-order valence-electron chi connectivity index (χ3n) is 2.43. The van der Waals surface area contributed by atoms with E-state index in [-0.39, 0.29) is 6.04 Å². The Hall–Kier alpha value is -1.81. The Labute approximate surface area is 105 Å². The van der Waals surface area contributed by atoms with E-state index in [0.717, 1.165) is 11.3 Å². The van der Waals surface area contributed by atoms with E-state index in [1.165, 1.54) is 6.33 Å². The molecule has 1 atom stereocenters. The van der Waals surface area contributed by atoms with Gasteiger partial charge in [0.15, 0.2) is 0 Å². The maximum Gasteiger partial charge on any atom is 0.148 e. The average molecular weight is 249 g/mol. The van der Waals surface area contributed by atoms with Crippen LogP contribution in [0, 0.1) is 0 Å². The van der Waals surface area contributed by atoms with Gasteiger partial charge in [-0.2, -0.15) is 0 Å². The van der Waals surface area contributed by atoms with Gasteiger partial charge in [0.2, 0.25) is 0 Å². The first-order valence-corrected chi connectivity index (χ1v) is 5.62. The summed E-state index contributed by atoms with van der Waals surface area (Å²) in [5, 5.41) is 3.72. The molecule has 1 unspecified atom stereocenters. The van der Waals surface area contributed by atoms with E-state index in [9.17, 15) is 0 Å². The predicted octanol–water partition coefficient (Wildman–Crippen LogP) is 2.89. The van der Waals surface area contributed by atoms with Gasteiger partial charge in [0.25, 0.3) is 0 Å². The molecule has 0 spiro atoms. The van der Waals surface area contributed by atoms with Gasteiger partial charge in [0.1, 0.15) is 17.2 Å². The summed E-state index contributed by atoms with van der Waals surface area (Å²) in [4.78, 5) is 7.92. The van der Waals surface area contributed by atoms with E-state index >= 15 is 0 Å². The molecule has 1 aromatic carbocycles. The summed E-state index contributed by atoms with van der Waals surface area (Å²) in [7, 11) is 0. The lowest BCUT2D eigenvalue weighted by Crippen LogP contribution is -2.08. The number of halogens is 1. The van der Waals surface area contributed by atoms with Crippen LogP contribution >= 0.6 is 11.6 Å². The lowest BCUT2D eigenvalue weighted by atomic mass is 10.1. The highest BCUT2D eigenvalue weighted by molar-refractivity contribution is 6.32. The van der Waals surface area contributed by atoms with Crippen LogP contribution in [0.4, 0.5) is 11.5 Å². The van der Waals surface area contributed by atoms with Crippen molar-refractivity contribution in [3.05, 3.63) is 47.4 Å². The Morgan fingerprint density at radius 3 is 2.94 bits per heavy atom. The summed E-state index contributed by atoms with van der Waals surface area (Å²) in [6.45, 7) is 2.02. The van der Waals surface area contributed by atoms with E-state index in [0.29, 0.717) is 10.8 Å². The standard InChI is InChI=1S/C12H13ClN4/c1-8(9-3-2-4-10(14)5-9)17-12-11(13)6-15-7-16-12/h2-8H,14H2,1H3,(H,15,16,17). The molecule has 0 aliphatic carbocycles. The third kappa shape index (κ3) is 2.85. The molecule has 0 aliphatic heterocycles. The smallest absolute Gasteiger partial charge is 0.148 e. The second-order valence-electron chi connectivity index (χ2n) is 3.76. The lowest BCUT2D eigenvalue weighted by molar-refractivity contribution is 0.872. The molecule has 2 rings (SSSR count). The molecule has 0 radical (unpaired) electrons. The Balaban J connectivity index is 2.17. The van der Waals surface area contributed by atoms with Crippen molar-refractivity contribution in [2.24, 2.45) is 0 Å². The van der Waals surface area contributed by atoms with Crippen molar-refractivity contribution in [2.75, 3.05) is 11.1 Å². The number of hydrogen-bond acceptors (Lipinski definition) is 4. The number of nitrogens with two attached hydrogens (primary N) is 1. The molecule has 2 aromatic rings. The Morgan fingerprint density at radius 1 is 1.41 bits per heavy atom. The highest BCUT2D eigenvalue weighted by Gasteiger charge is 2.08. The summed E-state index contributed by atoms with van der Waals surface area (Å²) >= 11 is 5.97. The molecule has 1 heterocycles. The van der Waals surface area contributed by atoms with Crippen LogP contribution in [0.25, 0.3) is 0 Å². The van der Waals surface area contributed by atoms with Crippen molar-refractivity contribution in [3.63, 3.8) is 0 Å². The molecule has 0 bridgehead atoms. The SMILES string of the molecule is CC(Nc1ncncc1Cl)c1cccc(N)c1. The fraction of sp³-hybridized carbons (Fsp3) is 0.167. The van der Waals surface area contributed by atoms with Gasteiger partial charge in [0, 0.05) is 5.69 Å². The average Bonchev–Trinajstić information content (AvgIpc) is 2.32. The van der Waals surface area contributed by atoms with Crippen molar-refractivity contribution in [3.8, 4) is 0 Å². The van der Waals surface area contributed by atoms with Gasteiger partial charge in [-0.3, -0.25) is 0 Å². The highest BCUT2D eigenvalue weighted by atomic mass is 35.5. The molecule has 17 heavy (non-hydrogen) atoms. The number of rotatable bonds is 3. The van der Waals surface area contributed by atoms with Crippen molar-refractivity contribution >= 4 is 23.1 Å². The molecular weight excluding hydrogens is 236 g/mol.